The predicted molar refractivity (Wildman–Crippen MR) is 157 cm³/mol. The fourth-order valence-corrected chi connectivity index (χ4v) is 5.00. The molecule has 5 aromatic rings. The summed E-state index contributed by atoms with van der Waals surface area (Å²) in [5.74, 6) is -0.297. The van der Waals surface area contributed by atoms with Gasteiger partial charge < -0.3 is 18.9 Å². The van der Waals surface area contributed by atoms with Crippen molar-refractivity contribution < 1.29 is 28.5 Å². The third-order valence-corrected chi connectivity index (χ3v) is 7.32. The molecule has 0 unspecified atom stereocenters. The number of aryl methyl sites for hydroxylation is 2. The molecule has 0 radical (unpaired) electrons. The molecule has 0 amide bonds. The van der Waals surface area contributed by atoms with Crippen LogP contribution in [-0.2, 0) is 14.2 Å². The lowest BCUT2D eigenvalue weighted by Gasteiger charge is -2.19. The molecule has 6 rings (SSSR count). The second-order valence-corrected chi connectivity index (χ2v) is 10.4. The summed E-state index contributed by atoms with van der Waals surface area (Å²) in [6.07, 6.45) is -1.75. The van der Waals surface area contributed by atoms with Crippen LogP contribution in [0.4, 0.5) is 0 Å². The van der Waals surface area contributed by atoms with Crippen molar-refractivity contribution in [3.05, 3.63) is 125 Å². The van der Waals surface area contributed by atoms with Gasteiger partial charge in [-0.15, -0.1) is 0 Å². The molecule has 6 nitrogen and oxygen atoms in total. The van der Waals surface area contributed by atoms with Crippen LogP contribution in [-0.4, -0.2) is 37.0 Å². The van der Waals surface area contributed by atoms with Crippen LogP contribution < -0.4 is 4.74 Å². The molecule has 3 atom stereocenters. The Morgan fingerprint density at radius 3 is 1.95 bits per heavy atom. The Morgan fingerprint density at radius 1 is 0.707 bits per heavy atom. The number of benzene rings is 5. The molecular weight excluding hydrogens is 516 g/mol. The molecule has 0 spiro atoms. The minimum Gasteiger partial charge on any atom is -0.465 e. The fourth-order valence-electron chi connectivity index (χ4n) is 5.00. The Bertz CT molecular complexity index is 1710. The zero-order valence-electron chi connectivity index (χ0n) is 22.9. The number of fused-ring (bicyclic) bond motifs is 2. The van der Waals surface area contributed by atoms with Crippen LogP contribution in [0.15, 0.2) is 103 Å². The van der Waals surface area contributed by atoms with Gasteiger partial charge in [-0.1, -0.05) is 65.7 Å². The van der Waals surface area contributed by atoms with E-state index < -0.39 is 30.4 Å². The molecular formula is C35H30O6. The molecule has 0 N–H and O–H groups in total. The van der Waals surface area contributed by atoms with Gasteiger partial charge >= 0.3 is 11.9 Å². The molecule has 0 aliphatic carbocycles. The van der Waals surface area contributed by atoms with E-state index in [-0.39, 0.29) is 6.61 Å². The van der Waals surface area contributed by atoms with Gasteiger partial charge in [-0.2, -0.15) is 0 Å². The molecule has 1 aliphatic heterocycles. The minimum atomic E-state index is -0.688. The van der Waals surface area contributed by atoms with Gasteiger partial charge in [-0.3, -0.25) is 0 Å². The number of carbonyl (C=O) groups excluding carboxylic acids is 2. The summed E-state index contributed by atoms with van der Waals surface area (Å²) in [6.45, 7) is 3.82. The van der Waals surface area contributed by atoms with Crippen molar-refractivity contribution in [1.82, 2.24) is 0 Å². The first kappa shape index (κ1) is 26.5. The van der Waals surface area contributed by atoms with Gasteiger partial charge in [0.15, 0.2) is 0 Å². The van der Waals surface area contributed by atoms with Gasteiger partial charge in [0.1, 0.15) is 24.6 Å². The first-order chi connectivity index (χ1) is 19.9. The first-order valence-electron chi connectivity index (χ1n) is 13.7. The second-order valence-electron chi connectivity index (χ2n) is 10.4. The number of carbonyl (C=O) groups is 2. The van der Waals surface area contributed by atoms with Crippen molar-refractivity contribution in [1.29, 1.82) is 0 Å². The number of rotatable bonds is 7. The molecule has 1 fully saturated rings. The topological polar surface area (TPSA) is 71.1 Å². The van der Waals surface area contributed by atoms with E-state index in [2.05, 4.69) is 24.3 Å². The Balaban J connectivity index is 1.18. The highest BCUT2D eigenvalue weighted by Gasteiger charge is 2.40. The minimum absolute atomic E-state index is 0.0812. The number of hydrogen-bond donors (Lipinski definition) is 0. The summed E-state index contributed by atoms with van der Waals surface area (Å²) >= 11 is 0. The van der Waals surface area contributed by atoms with Crippen molar-refractivity contribution >= 4 is 33.5 Å². The molecule has 0 aromatic heterocycles. The molecule has 5 aromatic carbocycles. The highest BCUT2D eigenvalue weighted by molar-refractivity contribution is 5.98. The van der Waals surface area contributed by atoms with Gasteiger partial charge in [0.25, 0.3) is 0 Å². The Hall–Kier alpha value is -4.68. The molecule has 6 heteroatoms. The van der Waals surface area contributed by atoms with Crippen molar-refractivity contribution in [2.24, 2.45) is 0 Å². The van der Waals surface area contributed by atoms with Crippen LogP contribution in [0, 0.1) is 13.8 Å². The predicted octanol–water partition coefficient (Wildman–Crippen LogP) is 7.19. The van der Waals surface area contributed by atoms with Gasteiger partial charge in [-0.05, 0) is 83.9 Å². The molecule has 206 valence electrons. The van der Waals surface area contributed by atoms with E-state index in [1.165, 1.54) is 5.39 Å². The van der Waals surface area contributed by atoms with E-state index in [0.29, 0.717) is 23.3 Å². The van der Waals surface area contributed by atoms with E-state index in [1.807, 2.05) is 68.4 Å². The van der Waals surface area contributed by atoms with Crippen LogP contribution >= 0.6 is 0 Å². The van der Waals surface area contributed by atoms with Gasteiger partial charge in [0.2, 0.25) is 6.29 Å². The first-order valence-corrected chi connectivity index (χ1v) is 13.7. The van der Waals surface area contributed by atoms with Crippen LogP contribution in [0.25, 0.3) is 21.5 Å². The summed E-state index contributed by atoms with van der Waals surface area (Å²) in [7, 11) is 0. The smallest absolute Gasteiger partial charge is 0.338 e. The van der Waals surface area contributed by atoms with Crippen molar-refractivity contribution in [2.75, 3.05) is 6.61 Å². The standard InChI is InChI=1S/C35H30O6/c1-22-7-11-24(12-8-22)34(36)38-21-32-31(41-35(37)25-13-9-23(2)10-14-25)20-33(40-32)39-30-16-15-28-17-26-5-3-4-6-27(26)18-29(28)19-30/h3-19,31-33H,20-21H2,1-2H3/t31-,32+,33-/m0/s1. The van der Waals surface area contributed by atoms with Crippen molar-refractivity contribution in [2.45, 2.75) is 38.8 Å². The Labute approximate surface area is 238 Å². The molecule has 0 bridgehead atoms. The second kappa shape index (κ2) is 11.4. The van der Waals surface area contributed by atoms with Crippen LogP contribution in [0.5, 0.6) is 5.75 Å². The van der Waals surface area contributed by atoms with Crippen LogP contribution in [0.3, 0.4) is 0 Å². The lowest BCUT2D eigenvalue weighted by molar-refractivity contribution is -0.0969. The molecule has 41 heavy (non-hydrogen) atoms. The molecule has 0 saturated carbocycles. The maximum Gasteiger partial charge on any atom is 0.338 e. The SMILES string of the molecule is Cc1ccc(C(=O)OC[C@H]2O[C@H](Oc3ccc4cc5ccccc5cc4c3)C[C@@H]2OC(=O)c2ccc(C)cc2)cc1. The Morgan fingerprint density at radius 2 is 1.29 bits per heavy atom. The third kappa shape index (κ3) is 6.08. The Kier molecular flexibility index (Phi) is 7.40. The molecule has 1 aliphatic rings. The lowest BCUT2D eigenvalue weighted by Crippen LogP contribution is -2.32. The molecule has 1 heterocycles. The van der Waals surface area contributed by atoms with Gasteiger partial charge in [-0.25, -0.2) is 9.59 Å². The number of esters is 2. The summed E-state index contributed by atoms with van der Waals surface area (Å²) in [6, 6.07) is 32.7. The third-order valence-electron chi connectivity index (χ3n) is 7.32. The highest BCUT2D eigenvalue weighted by atomic mass is 16.7. The maximum atomic E-state index is 12.9. The zero-order chi connectivity index (χ0) is 28.3. The van der Waals surface area contributed by atoms with E-state index in [4.69, 9.17) is 18.9 Å². The number of ether oxygens (including phenoxy) is 4. The summed E-state index contributed by atoms with van der Waals surface area (Å²) in [5, 5.41) is 4.47. The quantitative estimate of drug-likeness (QED) is 0.159. The highest BCUT2D eigenvalue weighted by Crippen LogP contribution is 2.31. The summed E-state index contributed by atoms with van der Waals surface area (Å²) < 4.78 is 23.8. The summed E-state index contributed by atoms with van der Waals surface area (Å²) in [5.41, 5.74) is 2.98. The van der Waals surface area contributed by atoms with Crippen LogP contribution in [0.2, 0.25) is 0 Å². The van der Waals surface area contributed by atoms with E-state index in [0.717, 1.165) is 27.3 Å². The van der Waals surface area contributed by atoms with E-state index in [9.17, 15) is 9.59 Å². The monoisotopic (exact) mass is 546 g/mol. The van der Waals surface area contributed by atoms with E-state index >= 15 is 0 Å². The maximum absolute atomic E-state index is 12.9. The fraction of sp³-hybridized carbons (Fsp3) is 0.200. The zero-order valence-corrected chi connectivity index (χ0v) is 22.9. The normalized spacial score (nSPS) is 18.3. The van der Waals surface area contributed by atoms with Crippen molar-refractivity contribution in [3.63, 3.8) is 0 Å². The van der Waals surface area contributed by atoms with Crippen molar-refractivity contribution in [3.8, 4) is 5.75 Å². The average Bonchev–Trinajstić information content (AvgIpc) is 3.35. The average molecular weight is 547 g/mol. The van der Waals surface area contributed by atoms with Crippen LogP contribution in [0.1, 0.15) is 38.3 Å². The number of hydrogen-bond acceptors (Lipinski definition) is 6. The van der Waals surface area contributed by atoms with Gasteiger partial charge in [0.05, 0.1) is 11.1 Å². The lowest BCUT2D eigenvalue weighted by atomic mass is 10.0. The largest absolute Gasteiger partial charge is 0.465 e. The molecule has 1 saturated heterocycles. The summed E-state index contributed by atoms with van der Waals surface area (Å²) in [4.78, 5) is 25.6. The van der Waals surface area contributed by atoms with E-state index in [1.54, 1.807) is 24.3 Å². The van der Waals surface area contributed by atoms with Gasteiger partial charge in [0, 0.05) is 6.42 Å².